The Bertz CT molecular complexity index is 840. The van der Waals surface area contributed by atoms with Crippen molar-refractivity contribution in [3.8, 4) is 0 Å². The van der Waals surface area contributed by atoms with E-state index in [1.54, 1.807) is 11.3 Å². The number of carbonyl (C=O) groups is 1. The number of hydrogen-bond donors (Lipinski definition) is 1. The third kappa shape index (κ3) is 4.14. The second kappa shape index (κ2) is 8.07. The molecule has 2 aliphatic rings. The summed E-state index contributed by atoms with van der Waals surface area (Å²) in [5.41, 5.74) is 1.84. The summed E-state index contributed by atoms with van der Waals surface area (Å²) >= 11 is 6.01. The highest BCUT2D eigenvalue weighted by Crippen LogP contribution is 2.33. The van der Waals surface area contributed by atoms with Crippen molar-refractivity contribution in [3.63, 3.8) is 0 Å². The molecule has 1 amide bonds. The van der Waals surface area contributed by atoms with Crippen molar-refractivity contribution in [1.29, 1.82) is 0 Å². The van der Waals surface area contributed by atoms with Gasteiger partial charge in [-0.1, -0.05) is 23.7 Å². The zero-order valence-electron chi connectivity index (χ0n) is 16.1. The molecule has 2 aromatic rings. The summed E-state index contributed by atoms with van der Waals surface area (Å²) in [6.07, 6.45) is 2.55. The molecule has 1 fully saturated rings. The van der Waals surface area contributed by atoms with Gasteiger partial charge < -0.3 is 14.1 Å². The lowest BCUT2D eigenvalue weighted by Gasteiger charge is -2.32. The molecule has 7 heteroatoms. The third-order valence-electron chi connectivity index (χ3n) is 5.23. The SMILES string of the molecule is C[C@@H]1C[NH+](CC(=O)N2N=C(c3ccc(Cl)cc3)C[C@H]2c2ccco2)C[C@H](C)O1. The average molecular weight is 403 g/mol. The molecule has 6 nitrogen and oxygen atoms in total. The molecule has 3 heterocycles. The second-order valence-corrected chi connectivity index (χ2v) is 8.06. The molecular weight excluding hydrogens is 378 g/mol. The zero-order chi connectivity index (χ0) is 19.7. The van der Waals surface area contributed by atoms with E-state index >= 15 is 0 Å². The molecule has 0 radical (unpaired) electrons. The first-order valence-electron chi connectivity index (χ1n) is 9.67. The first-order valence-corrected chi connectivity index (χ1v) is 10.1. The summed E-state index contributed by atoms with van der Waals surface area (Å²) < 4.78 is 11.4. The van der Waals surface area contributed by atoms with Gasteiger partial charge in [-0.15, -0.1) is 0 Å². The average Bonchev–Trinajstić information content (AvgIpc) is 3.31. The minimum absolute atomic E-state index is 0.00154. The van der Waals surface area contributed by atoms with E-state index < -0.39 is 0 Å². The summed E-state index contributed by atoms with van der Waals surface area (Å²) in [6.45, 7) is 6.15. The van der Waals surface area contributed by atoms with Crippen molar-refractivity contribution in [2.24, 2.45) is 5.10 Å². The van der Waals surface area contributed by atoms with Gasteiger partial charge in [0.25, 0.3) is 5.91 Å². The number of nitrogens with zero attached hydrogens (tertiary/aromatic N) is 2. The summed E-state index contributed by atoms with van der Waals surface area (Å²) in [7, 11) is 0. The molecule has 1 aromatic carbocycles. The summed E-state index contributed by atoms with van der Waals surface area (Å²) in [5, 5.41) is 6.96. The number of halogens is 1. The molecule has 0 spiro atoms. The van der Waals surface area contributed by atoms with E-state index in [2.05, 4.69) is 18.9 Å². The second-order valence-electron chi connectivity index (χ2n) is 7.62. The predicted molar refractivity (Wildman–Crippen MR) is 106 cm³/mol. The van der Waals surface area contributed by atoms with Gasteiger partial charge in [-0.3, -0.25) is 4.79 Å². The Kier molecular flexibility index (Phi) is 5.53. The van der Waals surface area contributed by atoms with Gasteiger partial charge in [-0.05, 0) is 43.7 Å². The van der Waals surface area contributed by atoms with E-state index in [0.717, 1.165) is 30.1 Å². The van der Waals surface area contributed by atoms with Crippen LogP contribution in [0, 0.1) is 0 Å². The molecule has 0 bridgehead atoms. The number of carbonyl (C=O) groups excluding carboxylic acids is 1. The van der Waals surface area contributed by atoms with Crippen LogP contribution in [0.2, 0.25) is 5.02 Å². The van der Waals surface area contributed by atoms with Crippen LogP contribution in [0.25, 0.3) is 0 Å². The number of benzene rings is 1. The number of hydrazone groups is 1. The molecule has 4 atom stereocenters. The van der Waals surface area contributed by atoms with Crippen LogP contribution >= 0.6 is 11.6 Å². The van der Waals surface area contributed by atoms with Crippen LogP contribution in [-0.2, 0) is 9.53 Å². The van der Waals surface area contributed by atoms with Gasteiger partial charge in [0.05, 0.1) is 12.0 Å². The number of nitrogens with one attached hydrogen (secondary N) is 1. The van der Waals surface area contributed by atoms with Crippen LogP contribution < -0.4 is 4.90 Å². The Hall–Kier alpha value is -2.15. The summed E-state index contributed by atoms with van der Waals surface area (Å²) in [5.74, 6) is 0.751. The Morgan fingerprint density at radius 2 is 1.93 bits per heavy atom. The number of amides is 1. The van der Waals surface area contributed by atoms with Crippen LogP contribution in [0.4, 0.5) is 0 Å². The van der Waals surface area contributed by atoms with E-state index in [9.17, 15) is 4.79 Å². The lowest BCUT2D eigenvalue weighted by molar-refractivity contribution is -0.907. The minimum atomic E-state index is -0.219. The summed E-state index contributed by atoms with van der Waals surface area (Å²) in [4.78, 5) is 14.4. The van der Waals surface area contributed by atoms with Gasteiger partial charge in [0.2, 0.25) is 0 Å². The maximum atomic E-state index is 13.2. The lowest BCUT2D eigenvalue weighted by Crippen LogP contribution is -3.16. The number of ether oxygens (including phenoxy) is 1. The quantitative estimate of drug-likeness (QED) is 0.853. The molecule has 1 N–H and O–H groups in total. The fraction of sp³-hybridized carbons (Fsp3) is 0.429. The Balaban J connectivity index is 1.55. The van der Waals surface area contributed by atoms with E-state index in [1.807, 2.05) is 36.4 Å². The molecule has 1 unspecified atom stereocenters. The maximum absolute atomic E-state index is 13.2. The molecule has 0 saturated carbocycles. The highest BCUT2D eigenvalue weighted by molar-refractivity contribution is 6.30. The van der Waals surface area contributed by atoms with Gasteiger partial charge in [-0.25, -0.2) is 5.01 Å². The first kappa shape index (κ1) is 19.2. The molecule has 4 rings (SSSR count). The molecule has 2 aliphatic heterocycles. The van der Waals surface area contributed by atoms with Gasteiger partial charge in [0.1, 0.15) is 37.1 Å². The lowest BCUT2D eigenvalue weighted by atomic mass is 10.0. The van der Waals surface area contributed by atoms with Crippen molar-refractivity contribution in [2.45, 2.75) is 38.5 Å². The van der Waals surface area contributed by atoms with Gasteiger partial charge in [0, 0.05) is 11.4 Å². The molecular formula is C21H25ClN3O3+. The standard InChI is InChI=1S/C21H24ClN3O3/c1-14-11-24(12-15(2)28-14)13-21(26)25-19(20-4-3-9-27-20)10-18(23-25)16-5-7-17(22)8-6-16/h3-9,14-15,19H,10-13H2,1-2H3/p+1/t14-,15+,19-/m0/s1. The van der Waals surface area contributed by atoms with Gasteiger partial charge in [-0.2, -0.15) is 5.10 Å². The van der Waals surface area contributed by atoms with Crippen LogP contribution in [0.3, 0.4) is 0 Å². The number of hydrogen-bond acceptors (Lipinski definition) is 4. The zero-order valence-corrected chi connectivity index (χ0v) is 16.9. The normalized spacial score (nSPS) is 27.7. The van der Waals surface area contributed by atoms with Crippen LogP contribution in [0.5, 0.6) is 0 Å². The van der Waals surface area contributed by atoms with Crippen molar-refractivity contribution in [2.75, 3.05) is 19.6 Å². The fourth-order valence-electron chi connectivity index (χ4n) is 4.09. The number of rotatable bonds is 4. The van der Waals surface area contributed by atoms with Crippen molar-refractivity contribution in [3.05, 3.63) is 59.0 Å². The van der Waals surface area contributed by atoms with E-state index in [-0.39, 0.29) is 24.2 Å². The monoisotopic (exact) mass is 402 g/mol. The number of furan rings is 1. The Labute approximate surface area is 169 Å². The van der Waals surface area contributed by atoms with E-state index in [4.69, 9.17) is 20.8 Å². The third-order valence-corrected chi connectivity index (χ3v) is 5.49. The first-order chi connectivity index (χ1) is 13.5. The van der Waals surface area contributed by atoms with Crippen LogP contribution in [0.1, 0.15) is 37.6 Å². The van der Waals surface area contributed by atoms with Crippen LogP contribution in [0.15, 0.2) is 52.2 Å². The summed E-state index contributed by atoms with van der Waals surface area (Å²) in [6, 6.07) is 11.1. The van der Waals surface area contributed by atoms with E-state index in [1.165, 1.54) is 4.90 Å². The van der Waals surface area contributed by atoms with Crippen LogP contribution in [-0.4, -0.2) is 48.5 Å². The van der Waals surface area contributed by atoms with E-state index in [0.29, 0.717) is 18.0 Å². The molecule has 0 aliphatic carbocycles. The van der Waals surface area contributed by atoms with Crippen molar-refractivity contribution < 1.29 is 18.8 Å². The fourth-order valence-corrected chi connectivity index (χ4v) is 4.21. The number of morpholine rings is 1. The maximum Gasteiger partial charge on any atom is 0.298 e. The molecule has 148 valence electrons. The van der Waals surface area contributed by atoms with Gasteiger partial charge in [0.15, 0.2) is 6.54 Å². The largest absolute Gasteiger partial charge is 0.467 e. The number of quaternary nitrogens is 1. The highest BCUT2D eigenvalue weighted by atomic mass is 35.5. The minimum Gasteiger partial charge on any atom is -0.467 e. The highest BCUT2D eigenvalue weighted by Gasteiger charge is 2.37. The topological polar surface area (TPSA) is 59.5 Å². The Morgan fingerprint density at radius 1 is 1.21 bits per heavy atom. The van der Waals surface area contributed by atoms with Crippen molar-refractivity contribution >= 4 is 23.2 Å². The predicted octanol–water partition coefficient (Wildman–Crippen LogP) is 2.30. The molecule has 28 heavy (non-hydrogen) atoms. The Morgan fingerprint density at radius 3 is 2.57 bits per heavy atom. The molecule has 1 aromatic heterocycles. The molecule has 1 saturated heterocycles. The van der Waals surface area contributed by atoms with Gasteiger partial charge >= 0.3 is 0 Å². The van der Waals surface area contributed by atoms with Crippen molar-refractivity contribution in [1.82, 2.24) is 5.01 Å². The smallest absolute Gasteiger partial charge is 0.298 e.